The van der Waals surface area contributed by atoms with Gasteiger partial charge < -0.3 is 10.5 Å². The number of hydrogen-bond acceptors (Lipinski definition) is 3. The second-order valence-electron chi connectivity index (χ2n) is 6.05. The van der Waals surface area contributed by atoms with Crippen molar-refractivity contribution in [1.29, 1.82) is 0 Å². The fourth-order valence-corrected chi connectivity index (χ4v) is 2.59. The van der Waals surface area contributed by atoms with Gasteiger partial charge in [0.05, 0.1) is 18.8 Å². The van der Waals surface area contributed by atoms with Crippen LogP contribution < -0.4 is 5.73 Å². The SMILES string of the molecule is CCc1nn(CCOCCC(C)C)c(CC)c1C(N)CC. The lowest BCUT2D eigenvalue weighted by Gasteiger charge is -2.13. The first kappa shape index (κ1) is 18.2. The molecule has 0 aromatic carbocycles. The van der Waals surface area contributed by atoms with Gasteiger partial charge in [0.1, 0.15) is 0 Å². The Morgan fingerprint density at radius 1 is 1.14 bits per heavy atom. The van der Waals surface area contributed by atoms with Gasteiger partial charge in [0.15, 0.2) is 0 Å². The molecule has 1 rings (SSSR count). The van der Waals surface area contributed by atoms with Crippen LogP contribution >= 0.6 is 0 Å². The highest BCUT2D eigenvalue weighted by Gasteiger charge is 2.19. The zero-order valence-corrected chi connectivity index (χ0v) is 14.5. The monoisotopic (exact) mass is 295 g/mol. The first-order valence-electron chi connectivity index (χ1n) is 8.46. The summed E-state index contributed by atoms with van der Waals surface area (Å²) in [5.41, 5.74) is 10.00. The van der Waals surface area contributed by atoms with Crippen LogP contribution in [0, 0.1) is 5.92 Å². The number of rotatable bonds is 10. The van der Waals surface area contributed by atoms with E-state index >= 15 is 0 Å². The van der Waals surface area contributed by atoms with Crippen LogP contribution in [0.2, 0.25) is 0 Å². The van der Waals surface area contributed by atoms with Crippen molar-refractivity contribution in [2.75, 3.05) is 13.2 Å². The first-order chi connectivity index (χ1) is 10.0. The zero-order valence-electron chi connectivity index (χ0n) is 14.5. The van der Waals surface area contributed by atoms with Gasteiger partial charge in [-0.15, -0.1) is 0 Å². The maximum atomic E-state index is 6.29. The van der Waals surface area contributed by atoms with Crippen molar-refractivity contribution in [3.05, 3.63) is 17.0 Å². The molecule has 0 aliphatic rings. The first-order valence-corrected chi connectivity index (χ1v) is 8.46. The topological polar surface area (TPSA) is 53.1 Å². The van der Waals surface area contributed by atoms with E-state index in [9.17, 15) is 0 Å². The molecule has 0 saturated heterocycles. The molecule has 1 atom stereocenters. The molecule has 0 saturated carbocycles. The van der Waals surface area contributed by atoms with Gasteiger partial charge >= 0.3 is 0 Å². The van der Waals surface area contributed by atoms with Crippen LogP contribution in [0.4, 0.5) is 0 Å². The van der Waals surface area contributed by atoms with Crippen molar-refractivity contribution in [3.63, 3.8) is 0 Å². The second-order valence-corrected chi connectivity index (χ2v) is 6.05. The van der Waals surface area contributed by atoms with Gasteiger partial charge in [-0.3, -0.25) is 4.68 Å². The van der Waals surface area contributed by atoms with E-state index in [4.69, 9.17) is 15.6 Å². The van der Waals surface area contributed by atoms with Gasteiger partial charge in [0.2, 0.25) is 0 Å². The van der Waals surface area contributed by atoms with Gasteiger partial charge in [-0.25, -0.2) is 0 Å². The second kappa shape index (κ2) is 9.21. The van der Waals surface area contributed by atoms with Crippen LogP contribution in [0.5, 0.6) is 0 Å². The average molecular weight is 295 g/mol. The molecule has 0 fully saturated rings. The Labute approximate surface area is 130 Å². The number of nitrogens with two attached hydrogens (primary N) is 1. The summed E-state index contributed by atoms with van der Waals surface area (Å²) >= 11 is 0. The lowest BCUT2D eigenvalue weighted by Crippen LogP contribution is -2.15. The van der Waals surface area contributed by atoms with E-state index in [0.717, 1.165) is 51.1 Å². The van der Waals surface area contributed by atoms with Crippen molar-refractivity contribution < 1.29 is 4.74 Å². The van der Waals surface area contributed by atoms with Crippen LogP contribution in [0.1, 0.15) is 70.5 Å². The minimum Gasteiger partial charge on any atom is -0.380 e. The van der Waals surface area contributed by atoms with Gasteiger partial charge in [-0.1, -0.05) is 34.6 Å². The molecule has 2 N–H and O–H groups in total. The van der Waals surface area contributed by atoms with E-state index in [1.807, 2.05) is 0 Å². The lowest BCUT2D eigenvalue weighted by molar-refractivity contribution is 0.113. The summed E-state index contributed by atoms with van der Waals surface area (Å²) < 4.78 is 7.84. The highest BCUT2D eigenvalue weighted by atomic mass is 16.5. The molecule has 0 spiro atoms. The summed E-state index contributed by atoms with van der Waals surface area (Å²) in [6.45, 7) is 13.3. The molecule has 1 unspecified atom stereocenters. The van der Waals surface area contributed by atoms with Crippen LogP contribution in [0.25, 0.3) is 0 Å². The van der Waals surface area contributed by atoms with Gasteiger partial charge in [0.25, 0.3) is 0 Å². The Hall–Kier alpha value is -0.870. The number of nitrogens with zero attached hydrogens (tertiary/aromatic N) is 2. The fourth-order valence-electron chi connectivity index (χ4n) is 2.59. The summed E-state index contributed by atoms with van der Waals surface area (Å²) in [5, 5.41) is 4.76. The van der Waals surface area contributed by atoms with Crippen molar-refractivity contribution in [1.82, 2.24) is 9.78 Å². The molecule has 1 heterocycles. The third kappa shape index (κ3) is 5.11. The fraction of sp³-hybridized carbons (Fsp3) is 0.824. The van der Waals surface area contributed by atoms with Crippen molar-refractivity contribution in [3.8, 4) is 0 Å². The minimum atomic E-state index is 0.102. The minimum absolute atomic E-state index is 0.102. The van der Waals surface area contributed by atoms with E-state index in [1.165, 1.54) is 11.3 Å². The molecule has 1 aromatic rings. The van der Waals surface area contributed by atoms with Crippen LogP contribution in [0.15, 0.2) is 0 Å². The molecule has 0 amide bonds. The predicted octanol–water partition coefficient (Wildman–Crippen LogP) is 3.48. The van der Waals surface area contributed by atoms with Crippen molar-refractivity contribution in [2.45, 2.75) is 72.9 Å². The summed E-state index contributed by atoms with van der Waals surface area (Å²) in [4.78, 5) is 0. The molecule has 4 heteroatoms. The molecule has 122 valence electrons. The highest BCUT2D eigenvalue weighted by molar-refractivity contribution is 5.30. The predicted molar refractivity (Wildman–Crippen MR) is 88.5 cm³/mol. The Morgan fingerprint density at radius 3 is 2.38 bits per heavy atom. The van der Waals surface area contributed by atoms with E-state index in [-0.39, 0.29) is 6.04 Å². The molecule has 4 nitrogen and oxygen atoms in total. The smallest absolute Gasteiger partial charge is 0.0672 e. The van der Waals surface area contributed by atoms with Gasteiger partial charge in [-0.2, -0.15) is 5.10 Å². The quantitative estimate of drug-likeness (QED) is 0.672. The van der Waals surface area contributed by atoms with Crippen LogP contribution in [-0.4, -0.2) is 23.0 Å². The van der Waals surface area contributed by atoms with Crippen molar-refractivity contribution in [2.24, 2.45) is 11.7 Å². The average Bonchev–Trinajstić information content (AvgIpc) is 2.83. The molecule has 1 aromatic heterocycles. The van der Waals surface area contributed by atoms with E-state index < -0.39 is 0 Å². The largest absolute Gasteiger partial charge is 0.380 e. The Kier molecular flexibility index (Phi) is 7.97. The van der Waals surface area contributed by atoms with Gasteiger partial charge in [0, 0.05) is 23.9 Å². The maximum Gasteiger partial charge on any atom is 0.0672 e. The van der Waals surface area contributed by atoms with Gasteiger partial charge in [-0.05, 0) is 31.6 Å². The maximum absolute atomic E-state index is 6.29. The Morgan fingerprint density at radius 2 is 1.86 bits per heavy atom. The van der Waals surface area contributed by atoms with E-state index in [0.29, 0.717) is 5.92 Å². The third-order valence-corrected chi connectivity index (χ3v) is 3.94. The lowest BCUT2D eigenvalue weighted by atomic mass is 10.00. The number of ether oxygens (including phenoxy) is 1. The molecule has 0 aliphatic carbocycles. The molecule has 0 aliphatic heterocycles. The molecular weight excluding hydrogens is 262 g/mol. The number of aryl methyl sites for hydroxylation is 1. The normalized spacial score (nSPS) is 13.1. The molecule has 0 radical (unpaired) electrons. The van der Waals surface area contributed by atoms with Crippen molar-refractivity contribution >= 4 is 0 Å². The summed E-state index contributed by atoms with van der Waals surface area (Å²) in [6, 6.07) is 0.102. The van der Waals surface area contributed by atoms with Crippen LogP contribution in [0.3, 0.4) is 0 Å². The zero-order chi connectivity index (χ0) is 15.8. The van der Waals surface area contributed by atoms with E-state index in [2.05, 4.69) is 39.3 Å². The summed E-state index contributed by atoms with van der Waals surface area (Å²) in [7, 11) is 0. The Bertz CT molecular complexity index is 412. The standard InChI is InChI=1S/C17H33N3O/c1-6-14(18)17-15(7-2)19-20(16(17)8-3)10-12-21-11-9-13(4)5/h13-14H,6-12,18H2,1-5H3. The van der Waals surface area contributed by atoms with E-state index in [1.54, 1.807) is 0 Å². The molecular formula is C17H33N3O. The summed E-state index contributed by atoms with van der Waals surface area (Å²) in [6.07, 6.45) is 3.99. The number of hydrogen-bond donors (Lipinski definition) is 1. The number of aromatic nitrogens is 2. The summed E-state index contributed by atoms with van der Waals surface area (Å²) in [5.74, 6) is 0.696. The molecule has 21 heavy (non-hydrogen) atoms. The highest BCUT2D eigenvalue weighted by Crippen LogP contribution is 2.24. The Balaban J connectivity index is 2.71. The van der Waals surface area contributed by atoms with Crippen LogP contribution in [-0.2, 0) is 24.1 Å². The molecule has 0 bridgehead atoms. The third-order valence-electron chi connectivity index (χ3n) is 3.94.